The molecule has 8 rings (SSSR count). The molecule has 360 valence electrons. The first-order valence-electron chi connectivity index (χ1n) is 23.1. The van der Waals surface area contributed by atoms with Crippen LogP contribution >= 0.6 is 0 Å². The van der Waals surface area contributed by atoms with Crippen LogP contribution in [0.25, 0.3) is 21.7 Å². The minimum absolute atomic E-state index is 0.0132. The Bertz CT molecular complexity index is 2920. The van der Waals surface area contributed by atoms with Gasteiger partial charge in [-0.15, -0.1) is 0 Å². The van der Waals surface area contributed by atoms with Gasteiger partial charge >= 0.3 is 11.8 Å². The number of esters is 1. The molecular weight excluding hydrogens is 871 g/mol. The number of pyridine rings is 1. The Kier molecular flexibility index (Phi) is 13.3. The van der Waals surface area contributed by atoms with Crippen molar-refractivity contribution < 1.29 is 53.8 Å². The highest BCUT2D eigenvalue weighted by atomic mass is 16.7. The number of carbonyl (C=O) groups is 3. The second-order valence-electron chi connectivity index (χ2n) is 19.2. The molecule has 5 heterocycles. The van der Waals surface area contributed by atoms with E-state index in [0.29, 0.717) is 26.1 Å². The van der Waals surface area contributed by atoms with E-state index in [4.69, 9.17) is 28.9 Å². The Labute approximate surface area is 394 Å². The van der Waals surface area contributed by atoms with Crippen molar-refractivity contribution in [3.8, 4) is 17.2 Å². The van der Waals surface area contributed by atoms with Gasteiger partial charge in [0.05, 0.1) is 58.5 Å². The number of phenolic OH excluding ortho intramolecular Hbond substituents is 2. The number of rotatable bonds is 4. The summed E-state index contributed by atoms with van der Waals surface area (Å²) in [7, 11) is 1.47. The number of fused-ring (bicyclic) bond motifs is 2. The molecule has 4 aliphatic heterocycles. The van der Waals surface area contributed by atoms with Gasteiger partial charge in [-0.3, -0.25) is 34.3 Å². The average Bonchev–Trinajstić information content (AvgIpc) is 3.83. The number of aromatic nitrogens is 1. The van der Waals surface area contributed by atoms with Gasteiger partial charge in [-0.25, -0.2) is 0 Å². The first kappa shape index (κ1) is 48.3. The number of nitrogens with one attached hydrogen (secondary N) is 1. The van der Waals surface area contributed by atoms with Crippen LogP contribution in [0.3, 0.4) is 0 Å². The van der Waals surface area contributed by atoms with Crippen molar-refractivity contribution in [2.45, 2.75) is 104 Å². The number of hydrogen-bond acceptors (Lipinski definition) is 15. The maximum atomic E-state index is 14.9. The van der Waals surface area contributed by atoms with Crippen molar-refractivity contribution in [2.24, 2.45) is 33.7 Å². The van der Waals surface area contributed by atoms with Gasteiger partial charge in [0.2, 0.25) is 0 Å². The number of aromatic hydroxyl groups is 2. The van der Waals surface area contributed by atoms with Crippen LogP contribution in [0, 0.1) is 30.6 Å². The van der Waals surface area contributed by atoms with Crippen LogP contribution in [0.15, 0.2) is 82.7 Å². The zero-order chi connectivity index (χ0) is 49.0. The fourth-order valence-corrected chi connectivity index (χ4v) is 10.2. The number of amides is 1. The third-order valence-electron chi connectivity index (χ3n) is 14.3. The van der Waals surface area contributed by atoms with E-state index in [1.165, 1.54) is 27.2 Å². The molecule has 0 saturated carbocycles. The van der Waals surface area contributed by atoms with Crippen molar-refractivity contribution in [2.75, 3.05) is 32.1 Å². The van der Waals surface area contributed by atoms with Crippen molar-refractivity contribution in [3.63, 3.8) is 0 Å². The van der Waals surface area contributed by atoms with Gasteiger partial charge in [-0.2, -0.15) is 0 Å². The molecule has 5 N–H and O–H groups in total. The van der Waals surface area contributed by atoms with Gasteiger partial charge in [-0.05, 0) is 44.0 Å². The second kappa shape index (κ2) is 18.7. The standard InChI is InChI=1S/C52H61N5O11/c1-26-13-12-14-27(2)50(64)55-42-41-40(56-52(24-54-41)18-19-57(25-52)23-33-21-34-15-10-11-16-35(34)53-22-33)37-38(46(42)62)45(61)31(6)48-39(37)49(63)51(8,68-48)66-20-17-36(65-9)28(3)47(67-32(7)58)30(5)44(60)29(4)43(26)59/h10-17,20-22,26,28-30,36,43-44,47,59-62H,18-19,23-25H2,1-9H3,(H,55,64)/b13-12+,20-17+,27-14-/t26-,28+,29+,30+,36-,43-,44+,47+,51-,52?/m0/s1. The Morgan fingerprint density at radius 1 is 0.985 bits per heavy atom. The summed E-state index contributed by atoms with van der Waals surface area (Å²) < 4.78 is 24.2. The van der Waals surface area contributed by atoms with Crippen molar-refractivity contribution in [3.05, 3.63) is 100 Å². The summed E-state index contributed by atoms with van der Waals surface area (Å²) in [4.78, 5) is 58.8. The van der Waals surface area contributed by atoms with Gasteiger partial charge in [0.25, 0.3) is 11.7 Å². The highest BCUT2D eigenvalue weighted by molar-refractivity contribution is 6.19. The summed E-state index contributed by atoms with van der Waals surface area (Å²) >= 11 is 0. The van der Waals surface area contributed by atoms with Crippen LogP contribution in [-0.2, 0) is 30.3 Å². The molecule has 1 fully saturated rings. The number of allylic oxidation sites excluding steroid dienone is 2. The number of ketones is 1. The molecule has 16 heteroatoms. The van der Waals surface area contributed by atoms with E-state index in [1.807, 2.05) is 30.5 Å². The third-order valence-corrected chi connectivity index (χ3v) is 14.3. The molecule has 1 unspecified atom stereocenters. The second-order valence-corrected chi connectivity index (χ2v) is 19.2. The number of ether oxygens (including phenoxy) is 4. The van der Waals surface area contributed by atoms with E-state index in [9.17, 15) is 34.8 Å². The number of para-hydroxylation sites is 1. The Morgan fingerprint density at radius 2 is 1.74 bits per heavy atom. The maximum Gasteiger partial charge on any atom is 0.312 e. The van der Waals surface area contributed by atoms with Crippen LogP contribution in [0.5, 0.6) is 17.2 Å². The topological polar surface area (TPSA) is 222 Å². The molecule has 4 aromatic rings. The van der Waals surface area contributed by atoms with Crippen LogP contribution in [0.4, 0.5) is 5.69 Å². The Morgan fingerprint density at radius 3 is 2.47 bits per heavy atom. The van der Waals surface area contributed by atoms with Crippen LogP contribution < -0.4 is 20.8 Å². The van der Waals surface area contributed by atoms with E-state index >= 15 is 0 Å². The van der Waals surface area contributed by atoms with Crippen LogP contribution in [-0.4, -0.2) is 110 Å². The lowest BCUT2D eigenvalue weighted by molar-refractivity contribution is -0.160. The number of aliphatic hydroxyl groups is 2. The van der Waals surface area contributed by atoms with Crippen LogP contribution in [0.2, 0.25) is 0 Å². The summed E-state index contributed by atoms with van der Waals surface area (Å²) in [6.07, 6.45) is 6.35. The molecule has 4 aliphatic rings. The maximum absolute atomic E-state index is 14.9. The molecule has 0 radical (unpaired) electrons. The normalized spacial score (nSPS) is 31.8. The molecule has 68 heavy (non-hydrogen) atoms. The highest BCUT2D eigenvalue weighted by Crippen LogP contribution is 2.49. The molecule has 1 amide bonds. The first-order valence-corrected chi connectivity index (χ1v) is 23.1. The number of nitrogens with zero attached hydrogens (tertiary/aromatic N) is 4. The Hall–Kier alpha value is -6.20. The number of anilines is 1. The fourth-order valence-electron chi connectivity index (χ4n) is 10.2. The molecular formula is C52H61N5O11. The predicted octanol–water partition coefficient (Wildman–Crippen LogP) is 5.49. The molecule has 1 saturated heterocycles. The van der Waals surface area contributed by atoms with Crippen molar-refractivity contribution in [1.82, 2.24) is 9.88 Å². The molecule has 16 nitrogen and oxygen atoms in total. The molecule has 4 bridgehead atoms. The number of aliphatic hydroxyl groups excluding tert-OH is 2. The summed E-state index contributed by atoms with van der Waals surface area (Å²) in [5.74, 6) is -7.10. The lowest BCUT2D eigenvalue weighted by atomic mass is 9.78. The van der Waals surface area contributed by atoms with Gasteiger partial charge in [0, 0.05) is 92.4 Å². The number of likely N-dealkylation sites (tertiary alicyclic amines) is 1. The van der Waals surface area contributed by atoms with Gasteiger partial charge < -0.3 is 44.7 Å². The van der Waals surface area contributed by atoms with Gasteiger partial charge in [-0.1, -0.05) is 64.1 Å². The zero-order valence-corrected chi connectivity index (χ0v) is 39.9. The van der Waals surface area contributed by atoms with Crippen LogP contribution in [0.1, 0.15) is 76.4 Å². The van der Waals surface area contributed by atoms with E-state index in [-0.39, 0.29) is 56.2 Å². The Balaban J connectivity index is 1.26. The number of hydrogen-bond donors (Lipinski definition) is 5. The average molecular weight is 932 g/mol. The molecule has 1 spiro atoms. The third kappa shape index (κ3) is 8.74. The largest absolute Gasteiger partial charge is 0.507 e. The summed E-state index contributed by atoms with van der Waals surface area (Å²) in [5.41, 5.74) is 1.47. The quantitative estimate of drug-likeness (QED) is 0.126. The summed E-state index contributed by atoms with van der Waals surface area (Å²) in [6, 6.07) is 10.1. The fraction of sp³-hybridized carbons (Fsp3) is 0.462. The predicted molar refractivity (Wildman–Crippen MR) is 254 cm³/mol. The number of carbonyl (C=O) groups excluding carboxylic acids is 3. The number of benzene rings is 3. The smallest absolute Gasteiger partial charge is 0.312 e. The van der Waals surface area contributed by atoms with Crippen molar-refractivity contribution in [1.29, 1.82) is 0 Å². The first-order chi connectivity index (χ1) is 32.3. The molecule has 1 aromatic heterocycles. The SMILES string of the molecule is CO[C@H]1/C=C/O[C@@]2(C)Oc3c(C)c(O)c4c(O)c(c5c(c4c3C2=O)=NC2(CCN(Cc3cnc4ccccc4c3)C2)CN=5)NC(=O)/C(C)=C\C=C\[C@H](C)[C@H](O)[C@@H](C)[C@@H](O)[C@@H](C)[C@H](OC(C)=O)[C@@H]1C. The molecule has 10 atom stereocenters. The molecule has 3 aromatic carbocycles. The highest BCUT2D eigenvalue weighted by Gasteiger charge is 2.50. The van der Waals surface area contributed by atoms with E-state index in [0.717, 1.165) is 16.5 Å². The van der Waals surface area contributed by atoms with E-state index in [1.54, 1.807) is 65.8 Å². The lowest BCUT2D eigenvalue weighted by Gasteiger charge is -2.38. The minimum Gasteiger partial charge on any atom is -0.507 e. The number of Topliss-reactive ketones (excluding diaryl/α,β-unsaturated/α-hetero) is 1. The number of methoxy groups -OCH3 is 1. The summed E-state index contributed by atoms with van der Waals surface area (Å²) in [6.45, 7) is 14.9. The van der Waals surface area contributed by atoms with Crippen molar-refractivity contribution >= 4 is 45.0 Å². The number of phenols is 2. The zero-order valence-electron chi connectivity index (χ0n) is 39.9. The summed E-state index contributed by atoms with van der Waals surface area (Å²) in [5, 5.41) is 51.5. The van der Waals surface area contributed by atoms with E-state index < -0.39 is 88.6 Å². The van der Waals surface area contributed by atoms with Gasteiger partial charge in [0.1, 0.15) is 28.6 Å². The van der Waals surface area contributed by atoms with E-state index in [2.05, 4.69) is 21.3 Å². The van der Waals surface area contributed by atoms with Gasteiger partial charge in [0.15, 0.2) is 5.75 Å². The lowest BCUT2D eigenvalue weighted by Crippen LogP contribution is -2.46. The monoisotopic (exact) mass is 931 g/mol. The molecule has 0 aliphatic carbocycles. The minimum atomic E-state index is -1.99.